The van der Waals surface area contributed by atoms with Gasteiger partial charge in [0.05, 0.1) is 17.5 Å². The van der Waals surface area contributed by atoms with Crippen molar-refractivity contribution < 1.29 is 18.8 Å². The number of hydrogen-bond acceptors (Lipinski definition) is 5. The smallest absolute Gasteiger partial charge is 0.263 e. The minimum Gasteiger partial charge on any atom is -0.491 e. The highest BCUT2D eigenvalue weighted by Crippen LogP contribution is 2.46. The maximum atomic E-state index is 13.4. The molecule has 2 aliphatic heterocycles. The predicted molar refractivity (Wildman–Crippen MR) is 195 cm³/mol. The van der Waals surface area contributed by atoms with Gasteiger partial charge in [0, 0.05) is 35.5 Å². The molecular formula is C37H49ClN2O4S2. The van der Waals surface area contributed by atoms with Gasteiger partial charge in [0.1, 0.15) is 22.3 Å². The zero-order chi connectivity index (χ0) is 33.2. The molecule has 5 rings (SSSR count). The van der Waals surface area contributed by atoms with Gasteiger partial charge in [0.15, 0.2) is 0 Å². The molecule has 250 valence electrons. The number of carbonyl (C=O) groups excluding carboxylic acids is 1. The molecule has 0 saturated heterocycles. The first kappa shape index (κ1) is 34.9. The second-order valence-corrected chi connectivity index (χ2v) is 19.9. The Kier molecular flexibility index (Phi) is 10.9. The summed E-state index contributed by atoms with van der Waals surface area (Å²) in [6.45, 7) is 7.97. The van der Waals surface area contributed by atoms with Crippen LogP contribution in [0.4, 0.5) is 5.69 Å². The number of nitrogens with zero attached hydrogens (tertiary/aromatic N) is 1. The van der Waals surface area contributed by atoms with Crippen molar-refractivity contribution in [2.45, 2.75) is 69.6 Å². The average Bonchev–Trinajstić information content (AvgIpc) is 3.16. The number of carbonyl (C=O) groups is 1. The molecule has 2 aromatic rings. The van der Waals surface area contributed by atoms with E-state index in [1.165, 1.54) is 11.1 Å². The number of ether oxygens (including phenoxy) is 1. The van der Waals surface area contributed by atoms with Gasteiger partial charge in [-0.15, -0.1) is 0 Å². The first-order valence-corrected chi connectivity index (χ1v) is 20.9. The highest BCUT2D eigenvalue weighted by Gasteiger charge is 2.46. The minimum absolute atomic E-state index is 0.0197. The molecule has 7 atom stereocenters. The number of nitrogens with one attached hydrogen (secondary N) is 1. The van der Waals surface area contributed by atoms with E-state index in [9.17, 15) is 14.1 Å². The third kappa shape index (κ3) is 7.98. The second-order valence-electron chi connectivity index (χ2n) is 14.1. The number of allylic oxidation sites excluding steroid dienone is 1. The fourth-order valence-corrected chi connectivity index (χ4v) is 8.39. The summed E-state index contributed by atoms with van der Waals surface area (Å²) in [5, 5.41) is 16.1. The molecule has 0 aromatic heterocycles. The molecule has 7 unspecified atom stereocenters. The van der Waals surface area contributed by atoms with Crippen molar-refractivity contribution in [3.8, 4) is 16.9 Å². The van der Waals surface area contributed by atoms with Crippen LogP contribution < -0.4 is 14.4 Å². The lowest BCUT2D eigenvalue weighted by Crippen LogP contribution is -2.49. The Morgan fingerprint density at radius 2 is 1.93 bits per heavy atom. The third-order valence-electron chi connectivity index (χ3n) is 9.71. The Labute approximate surface area is 284 Å². The third-order valence-corrected chi connectivity index (χ3v) is 12.2. The molecule has 1 aliphatic carbocycles. The van der Waals surface area contributed by atoms with Gasteiger partial charge >= 0.3 is 0 Å². The number of anilines is 1. The lowest BCUT2D eigenvalue weighted by atomic mass is 9.64. The standard InChI is InChI=1S/C37H49ClN2O4S2/c1-7-9-27-20-31(38)13-14-32(27)30-23-40-22-29-11-15-33(29)37(42,18-19-46(4,5)6)17-8-10-25(2)26(3)45(43)39-36(41)28-12-16-35(44-24-30)34(40)21-28/h8,12-14,16-17,20-21,25-26,29-30,33,42H,7,9-11,15,22-24H2,1-6H3,(H,39,41)/b17-8+. The van der Waals surface area contributed by atoms with Crippen molar-refractivity contribution in [3.05, 3.63) is 70.3 Å². The molecule has 46 heavy (non-hydrogen) atoms. The Bertz CT molecular complexity index is 1560. The molecule has 2 N–H and O–H groups in total. The van der Waals surface area contributed by atoms with Crippen LogP contribution in [-0.4, -0.2) is 64.5 Å². The van der Waals surface area contributed by atoms with Gasteiger partial charge in [-0.05, 0) is 111 Å². The number of aryl methyl sites for hydroxylation is 1. The van der Waals surface area contributed by atoms with E-state index < -0.39 is 26.6 Å². The van der Waals surface area contributed by atoms with Crippen LogP contribution in [0.15, 0.2) is 48.6 Å². The number of amides is 1. The van der Waals surface area contributed by atoms with Crippen LogP contribution in [0.25, 0.3) is 0 Å². The van der Waals surface area contributed by atoms with E-state index in [0.29, 0.717) is 31.7 Å². The van der Waals surface area contributed by atoms with Gasteiger partial charge in [-0.1, -0.05) is 55.2 Å². The number of hydrogen-bond donors (Lipinski definition) is 2. The topological polar surface area (TPSA) is 78.9 Å². The van der Waals surface area contributed by atoms with E-state index in [4.69, 9.17) is 16.3 Å². The molecule has 2 aromatic carbocycles. The fourth-order valence-electron chi connectivity index (χ4n) is 6.71. The second kappa shape index (κ2) is 14.4. The van der Waals surface area contributed by atoms with Crippen molar-refractivity contribution in [3.63, 3.8) is 0 Å². The molecule has 1 amide bonds. The Hall–Kier alpha value is -2.44. The molecule has 2 bridgehead atoms. The minimum atomic E-state index is -1.58. The largest absolute Gasteiger partial charge is 0.491 e. The monoisotopic (exact) mass is 684 g/mol. The van der Waals surface area contributed by atoms with Crippen molar-refractivity contribution >= 4 is 44.2 Å². The molecule has 0 spiro atoms. The lowest BCUT2D eigenvalue weighted by molar-refractivity contribution is -0.00286. The van der Waals surface area contributed by atoms with Crippen LogP contribution in [0.5, 0.6) is 5.75 Å². The van der Waals surface area contributed by atoms with Gasteiger partial charge in [-0.25, -0.2) is 4.21 Å². The first-order chi connectivity index (χ1) is 21.8. The van der Waals surface area contributed by atoms with Crippen molar-refractivity contribution in [2.75, 3.05) is 43.4 Å². The Balaban J connectivity index is 1.58. The van der Waals surface area contributed by atoms with E-state index in [-0.39, 0.29) is 34.8 Å². The summed E-state index contributed by atoms with van der Waals surface area (Å²) >= 11 is 6.43. The fraction of sp³-hybridized carbons (Fsp3) is 0.541. The summed E-state index contributed by atoms with van der Waals surface area (Å²) < 4.78 is 22.5. The summed E-state index contributed by atoms with van der Waals surface area (Å²) in [7, 11) is -2.74. The molecular weight excluding hydrogens is 636 g/mol. The van der Waals surface area contributed by atoms with Crippen LogP contribution in [0.1, 0.15) is 73.9 Å². The number of aliphatic hydroxyl groups is 1. The molecule has 6 nitrogen and oxygen atoms in total. The van der Waals surface area contributed by atoms with Gasteiger partial charge in [0.2, 0.25) is 0 Å². The summed E-state index contributed by atoms with van der Waals surface area (Å²) in [6, 6.07) is 11.6. The van der Waals surface area contributed by atoms with Crippen molar-refractivity contribution in [1.29, 1.82) is 0 Å². The van der Waals surface area contributed by atoms with Gasteiger partial charge in [0.25, 0.3) is 5.91 Å². The SMILES string of the molecule is CCCc1cc(Cl)ccc1C1COc2ccc3cc2N(C1)CC1CCC1C(O)(C#CS(C)(C)C)/C=C/CC(C)C(C)S(=O)NC3=O. The summed E-state index contributed by atoms with van der Waals surface area (Å²) in [6.07, 6.45) is 14.7. The molecule has 2 heterocycles. The Morgan fingerprint density at radius 1 is 1.15 bits per heavy atom. The maximum Gasteiger partial charge on any atom is 0.263 e. The highest BCUT2D eigenvalue weighted by molar-refractivity contribution is 8.35. The summed E-state index contributed by atoms with van der Waals surface area (Å²) in [5.74, 6) is 3.95. The molecule has 1 fully saturated rings. The number of fused-ring (bicyclic) bond motifs is 2. The average molecular weight is 685 g/mol. The van der Waals surface area contributed by atoms with E-state index in [1.54, 1.807) is 6.07 Å². The van der Waals surface area contributed by atoms with E-state index >= 15 is 0 Å². The van der Waals surface area contributed by atoms with Crippen LogP contribution >= 0.6 is 21.6 Å². The van der Waals surface area contributed by atoms with E-state index in [1.807, 2.05) is 44.2 Å². The molecule has 0 radical (unpaired) electrons. The van der Waals surface area contributed by atoms with Gasteiger partial charge in [-0.2, -0.15) is 10.0 Å². The quantitative estimate of drug-likeness (QED) is 0.267. The van der Waals surface area contributed by atoms with Crippen LogP contribution in [0.3, 0.4) is 0 Å². The predicted octanol–water partition coefficient (Wildman–Crippen LogP) is 7.07. The molecule has 9 heteroatoms. The van der Waals surface area contributed by atoms with Gasteiger partial charge in [-0.3, -0.25) is 9.52 Å². The Morgan fingerprint density at radius 3 is 2.63 bits per heavy atom. The zero-order valence-corrected chi connectivity index (χ0v) is 30.4. The van der Waals surface area contributed by atoms with Crippen LogP contribution in [0, 0.1) is 28.9 Å². The lowest BCUT2D eigenvalue weighted by Gasteiger charge is -2.46. The highest BCUT2D eigenvalue weighted by atomic mass is 35.5. The van der Waals surface area contributed by atoms with Crippen LogP contribution in [-0.2, 0) is 17.4 Å². The van der Waals surface area contributed by atoms with Gasteiger partial charge < -0.3 is 14.7 Å². The number of rotatable bonds is 3. The van der Waals surface area contributed by atoms with Crippen LogP contribution in [0.2, 0.25) is 5.02 Å². The normalized spacial score (nSPS) is 31.1. The van der Waals surface area contributed by atoms with Crippen molar-refractivity contribution in [1.82, 2.24) is 4.72 Å². The first-order valence-electron chi connectivity index (χ1n) is 16.4. The maximum absolute atomic E-state index is 13.4. The number of benzene rings is 2. The van der Waals surface area contributed by atoms with E-state index in [2.05, 4.69) is 58.6 Å². The van der Waals surface area contributed by atoms with Crippen molar-refractivity contribution in [2.24, 2.45) is 17.8 Å². The van der Waals surface area contributed by atoms with E-state index in [0.717, 1.165) is 42.1 Å². The summed E-state index contributed by atoms with van der Waals surface area (Å²) in [4.78, 5) is 15.7. The molecule has 1 saturated carbocycles. The molecule has 3 aliphatic rings. The zero-order valence-electron chi connectivity index (χ0n) is 28.0. The number of halogens is 1. The summed E-state index contributed by atoms with van der Waals surface area (Å²) in [5.41, 5.74) is 2.50.